The predicted molar refractivity (Wildman–Crippen MR) is 78.9 cm³/mol. The fourth-order valence-corrected chi connectivity index (χ4v) is 1.96. The van der Waals surface area contributed by atoms with Crippen LogP contribution in [-0.4, -0.2) is 91.6 Å². The fourth-order valence-electron chi connectivity index (χ4n) is 1.96. The molecule has 0 saturated carbocycles. The van der Waals surface area contributed by atoms with Crippen LogP contribution in [0.2, 0.25) is 0 Å². The number of rotatable bonds is 2. The summed E-state index contributed by atoms with van der Waals surface area (Å²) in [7, 11) is 0. The second-order valence-electron chi connectivity index (χ2n) is 4.95. The van der Waals surface area contributed by atoms with Crippen LogP contribution in [0.5, 0.6) is 0 Å². The van der Waals surface area contributed by atoms with E-state index in [0.29, 0.717) is 79.2 Å². The van der Waals surface area contributed by atoms with E-state index in [1.807, 2.05) is 0 Å². The summed E-state index contributed by atoms with van der Waals surface area (Å²) in [4.78, 5) is 12.1. The number of primary amides is 1. The third kappa shape index (κ3) is 11.8. The normalized spacial score (nSPS) is 22.5. The zero-order valence-corrected chi connectivity index (χ0v) is 13.2. The summed E-state index contributed by atoms with van der Waals surface area (Å²) >= 11 is 0. The van der Waals surface area contributed by atoms with Crippen molar-refractivity contribution in [1.82, 2.24) is 0 Å². The molecule has 1 amide bonds. The molecule has 1 rings (SSSR count). The number of ether oxygens (including phenoxy) is 5. The van der Waals surface area contributed by atoms with E-state index >= 15 is 0 Å². The van der Waals surface area contributed by atoms with Crippen LogP contribution in [0.1, 0.15) is 0 Å². The van der Waals surface area contributed by atoms with Crippen molar-refractivity contribution < 1.29 is 33.4 Å². The predicted octanol–water partition coefficient (Wildman–Crippen LogP) is -2.55. The van der Waals surface area contributed by atoms with Gasteiger partial charge >= 0.3 is 0 Å². The van der Waals surface area contributed by atoms with Crippen LogP contribution in [-0.2, 0) is 28.5 Å². The van der Waals surface area contributed by atoms with Crippen molar-refractivity contribution in [3.63, 3.8) is 0 Å². The van der Waals surface area contributed by atoms with Crippen molar-refractivity contribution in [2.75, 3.05) is 85.7 Å². The Bertz CT molecular complexity index is 262. The van der Waals surface area contributed by atoms with Crippen LogP contribution in [0.3, 0.4) is 0 Å². The Hall–Kier alpha value is -0.770. The molecular formula is C14H29N2O6+. The van der Waals surface area contributed by atoms with Gasteiger partial charge in [0.25, 0.3) is 5.91 Å². The molecule has 0 atom stereocenters. The molecule has 1 heterocycles. The second-order valence-corrected chi connectivity index (χ2v) is 4.95. The molecule has 0 unspecified atom stereocenters. The van der Waals surface area contributed by atoms with Gasteiger partial charge in [0.15, 0.2) is 6.54 Å². The molecule has 1 saturated heterocycles. The molecule has 0 radical (unpaired) electrons. The van der Waals surface area contributed by atoms with Crippen LogP contribution < -0.4 is 10.6 Å². The molecule has 1 aliphatic rings. The summed E-state index contributed by atoms with van der Waals surface area (Å²) in [6.45, 7) is 7.17. The number of hydrogen-bond donors (Lipinski definition) is 2. The molecule has 0 aliphatic carbocycles. The fraction of sp³-hybridized carbons (Fsp3) is 0.929. The van der Waals surface area contributed by atoms with Crippen molar-refractivity contribution >= 4 is 5.91 Å². The summed E-state index contributed by atoms with van der Waals surface area (Å²) in [6.07, 6.45) is 0. The lowest BCUT2D eigenvalue weighted by molar-refractivity contribution is -0.892. The van der Waals surface area contributed by atoms with Gasteiger partial charge in [-0.25, -0.2) is 0 Å². The number of carbonyl (C=O) groups excluding carboxylic acids is 1. The third-order valence-electron chi connectivity index (χ3n) is 3.11. The van der Waals surface area contributed by atoms with Gasteiger partial charge < -0.3 is 34.3 Å². The number of quaternary nitrogens is 1. The van der Waals surface area contributed by atoms with Crippen LogP contribution in [0.4, 0.5) is 0 Å². The quantitative estimate of drug-likeness (QED) is 0.582. The zero-order chi connectivity index (χ0) is 15.9. The molecule has 1 fully saturated rings. The van der Waals surface area contributed by atoms with E-state index in [4.69, 9.17) is 29.4 Å². The summed E-state index contributed by atoms with van der Waals surface area (Å²) in [5.41, 5.74) is 5.26. The van der Waals surface area contributed by atoms with Gasteiger partial charge in [-0.1, -0.05) is 0 Å². The number of nitrogens with two attached hydrogens (primary N) is 1. The summed E-state index contributed by atoms with van der Waals surface area (Å²) < 4.78 is 27.1. The first-order chi connectivity index (χ1) is 10.8. The molecule has 22 heavy (non-hydrogen) atoms. The summed E-state index contributed by atoms with van der Waals surface area (Å²) in [5, 5.41) is 0. The number of nitrogens with one attached hydrogen (secondary N) is 1. The highest BCUT2D eigenvalue weighted by molar-refractivity contribution is 5.74. The molecule has 130 valence electrons. The largest absolute Gasteiger partial charge is 0.377 e. The first kappa shape index (κ1) is 19.3. The minimum atomic E-state index is -0.316. The van der Waals surface area contributed by atoms with Gasteiger partial charge in [0.2, 0.25) is 0 Å². The summed E-state index contributed by atoms with van der Waals surface area (Å²) in [6, 6.07) is 0. The molecule has 0 aromatic rings. The second kappa shape index (κ2) is 13.9. The van der Waals surface area contributed by atoms with E-state index in [2.05, 4.69) is 0 Å². The zero-order valence-electron chi connectivity index (χ0n) is 13.2. The molecule has 0 aromatic heterocycles. The Kier molecular flexibility index (Phi) is 12.1. The van der Waals surface area contributed by atoms with Crippen molar-refractivity contribution in [1.29, 1.82) is 0 Å². The monoisotopic (exact) mass is 321 g/mol. The lowest BCUT2D eigenvalue weighted by Gasteiger charge is -2.18. The van der Waals surface area contributed by atoms with Gasteiger partial charge in [0.05, 0.1) is 66.1 Å². The lowest BCUT2D eigenvalue weighted by Crippen LogP contribution is -3.14. The van der Waals surface area contributed by atoms with Crippen molar-refractivity contribution in [3.05, 3.63) is 0 Å². The van der Waals surface area contributed by atoms with Gasteiger partial charge in [0, 0.05) is 0 Å². The molecule has 3 N–H and O–H groups in total. The highest BCUT2D eigenvalue weighted by Gasteiger charge is 2.11. The highest BCUT2D eigenvalue weighted by Crippen LogP contribution is 1.84. The van der Waals surface area contributed by atoms with Gasteiger partial charge in [-0.05, 0) is 0 Å². The summed E-state index contributed by atoms with van der Waals surface area (Å²) in [5.74, 6) is -0.316. The van der Waals surface area contributed by atoms with Crippen LogP contribution in [0.25, 0.3) is 0 Å². The number of amides is 1. The lowest BCUT2D eigenvalue weighted by atomic mass is 10.4. The van der Waals surface area contributed by atoms with Gasteiger partial charge in [-0.3, -0.25) is 4.79 Å². The van der Waals surface area contributed by atoms with Gasteiger partial charge in [-0.2, -0.15) is 0 Å². The maximum absolute atomic E-state index is 11.1. The molecule has 8 nitrogen and oxygen atoms in total. The smallest absolute Gasteiger partial charge is 0.272 e. The van der Waals surface area contributed by atoms with E-state index in [9.17, 15) is 4.79 Å². The molecule has 0 spiro atoms. The molecular weight excluding hydrogens is 292 g/mol. The van der Waals surface area contributed by atoms with E-state index in [1.54, 1.807) is 0 Å². The minimum Gasteiger partial charge on any atom is -0.377 e. The van der Waals surface area contributed by atoms with Gasteiger partial charge in [-0.15, -0.1) is 0 Å². The Morgan fingerprint density at radius 1 is 0.682 bits per heavy atom. The van der Waals surface area contributed by atoms with Crippen molar-refractivity contribution in [2.24, 2.45) is 5.73 Å². The highest BCUT2D eigenvalue weighted by atomic mass is 16.6. The van der Waals surface area contributed by atoms with Crippen LogP contribution in [0.15, 0.2) is 0 Å². The Labute approximate surface area is 131 Å². The topological polar surface area (TPSA) is 93.7 Å². The van der Waals surface area contributed by atoms with Crippen LogP contribution in [0, 0.1) is 0 Å². The Morgan fingerprint density at radius 3 is 1.32 bits per heavy atom. The van der Waals surface area contributed by atoms with Crippen molar-refractivity contribution in [2.45, 2.75) is 0 Å². The molecule has 0 bridgehead atoms. The van der Waals surface area contributed by atoms with Crippen molar-refractivity contribution in [3.8, 4) is 0 Å². The van der Waals surface area contributed by atoms with E-state index in [0.717, 1.165) is 4.90 Å². The van der Waals surface area contributed by atoms with E-state index < -0.39 is 0 Å². The Balaban J connectivity index is 2.25. The first-order valence-corrected chi connectivity index (χ1v) is 7.79. The number of carbonyl (C=O) groups is 1. The average molecular weight is 321 g/mol. The SMILES string of the molecule is NC(=O)C[NH+]1CCOCCOCCOCCOCCOCC1. The molecule has 1 aliphatic heterocycles. The Morgan fingerprint density at radius 2 is 1.00 bits per heavy atom. The van der Waals surface area contributed by atoms with Crippen LogP contribution >= 0.6 is 0 Å². The standard InChI is InChI=1S/C14H28N2O6/c15-14(17)13-16-1-3-18-5-7-20-9-11-22-12-10-21-8-6-19-4-2-16/h1-13H2,(H2,15,17)/p+1. The van der Waals surface area contributed by atoms with Gasteiger partial charge in [0.1, 0.15) is 13.1 Å². The first-order valence-electron chi connectivity index (χ1n) is 7.79. The maximum Gasteiger partial charge on any atom is 0.272 e. The number of hydrogen-bond acceptors (Lipinski definition) is 6. The maximum atomic E-state index is 11.1. The molecule has 8 heteroatoms. The molecule has 0 aromatic carbocycles. The van der Waals surface area contributed by atoms with E-state index in [-0.39, 0.29) is 12.5 Å². The van der Waals surface area contributed by atoms with E-state index in [1.165, 1.54) is 0 Å². The average Bonchev–Trinajstić information content (AvgIpc) is 2.48. The minimum absolute atomic E-state index is 0.289. The third-order valence-corrected chi connectivity index (χ3v) is 3.11.